The molecule has 0 spiro atoms. The molecule has 91 heavy (non-hydrogen) atoms. The summed E-state index contributed by atoms with van der Waals surface area (Å²) in [5.74, 6) is -1.63. The third kappa shape index (κ3) is 67.2. The molecule has 0 aliphatic heterocycles. The first kappa shape index (κ1) is 87.0. The number of hydrogen-bond donors (Lipinski definition) is 4. The van der Waals surface area contributed by atoms with Gasteiger partial charge in [0.1, 0.15) is 25.4 Å². The second-order valence-corrected chi connectivity index (χ2v) is 25.8. The Labute approximate surface area is 551 Å². The van der Waals surface area contributed by atoms with Gasteiger partial charge in [-0.25, -0.2) is 9.13 Å². The van der Waals surface area contributed by atoms with E-state index in [2.05, 4.69) is 142 Å². The quantitative estimate of drug-likeness (QED) is 0.0146. The smallest absolute Gasteiger partial charge is 0.463 e. The van der Waals surface area contributed by atoms with Gasteiger partial charge in [-0.3, -0.25) is 32.5 Å². The Hall–Kier alpha value is -4.05. The number of ether oxygens (including phenoxy) is 3. The maximum absolute atomic E-state index is 12.9. The minimum Gasteiger partial charge on any atom is -0.463 e. The Morgan fingerprint density at radius 1 is 0.319 bits per heavy atom. The fourth-order valence-electron chi connectivity index (χ4n) is 8.81. The third-order valence-electron chi connectivity index (χ3n) is 14.1. The van der Waals surface area contributed by atoms with Gasteiger partial charge < -0.3 is 34.2 Å². The molecule has 18 heteroatoms. The molecule has 0 aliphatic carbocycles. The van der Waals surface area contributed by atoms with Crippen molar-refractivity contribution < 1.29 is 75.8 Å². The molecule has 5 unspecified atom stereocenters. The number of unbranched alkanes of at least 4 members (excludes halogenated alkanes) is 22. The zero-order valence-electron chi connectivity index (χ0n) is 56.5. The molecule has 0 fully saturated rings. The molecule has 16 nitrogen and oxygen atoms in total. The Bertz CT molecular complexity index is 2140. The lowest BCUT2D eigenvalue weighted by Crippen LogP contribution is -2.30. The van der Waals surface area contributed by atoms with Crippen LogP contribution in [0, 0.1) is 0 Å². The van der Waals surface area contributed by atoms with E-state index in [-0.39, 0.29) is 19.3 Å². The van der Waals surface area contributed by atoms with E-state index in [0.717, 1.165) is 154 Å². The topological polar surface area (TPSA) is 231 Å². The monoisotopic (exact) mass is 1320 g/mol. The molecule has 0 aromatic heterocycles. The van der Waals surface area contributed by atoms with Crippen molar-refractivity contribution in [2.45, 2.75) is 283 Å². The zero-order valence-corrected chi connectivity index (χ0v) is 58.3. The SMILES string of the molecule is CC/C=C\C/C=C\C/C=C\C/C=C\C/C=C\CCCCCCCC(=O)OCC(O)COP(=O)(O)OCC(O)COP(=O)(O)OCC(COC(=O)CCCCCCC/C=C\C/C=C\C/C=C\C/C=C\CCCCC)OC(=O)CCCCCCC/C=C\CCCCCC. The van der Waals surface area contributed by atoms with Crippen LogP contribution in [0.1, 0.15) is 265 Å². The molecule has 0 radical (unpaired) electrons. The molecule has 0 bridgehead atoms. The second-order valence-electron chi connectivity index (χ2n) is 22.9. The van der Waals surface area contributed by atoms with Crippen molar-refractivity contribution in [2.75, 3.05) is 39.6 Å². The molecule has 522 valence electrons. The average molecular weight is 1320 g/mol. The summed E-state index contributed by atoms with van der Waals surface area (Å²) in [6.45, 7) is 2.45. The highest BCUT2D eigenvalue weighted by atomic mass is 31.2. The van der Waals surface area contributed by atoms with E-state index >= 15 is 0 Å². The Kier molecular flexibility index (Phi) is 63.1. The van der Waals surface area contributed by atoms with Gasteiger partial charge in [0.05, 0.1) is 26.4 Å². The van der Waals surface area contributed by atoms with Gasteiger partial charge in [0, 0.05) is 19.3 Å². The van der Waals surface area contributed by atoms with Crippen LogP contribution in [0.2, 0.25) is 0 Å². The van der Waals surface area contributed by atoms with Gasteiger partial charge in [0.25, 0.3) is 0 Å². The lowest BCUT2D eigenvalue weighted by atomic mass is 10.1. The fraction of sp³-hybridized carbons (Fsp3) is 0.685. The summed E-state index contributed by atoms with van der Waals surface area (Å²) in [7, 11) is -9.79. The number of carbonyl (C=O) groups is 3. The van der Waals surface area contributed by atoms with E-state index in [4.69, 9.17) is 32.3 Å². The summed E-state index contributed by atoms with van der Waals surface area (Å²) in [5, 5.41) is 20.5. The molecular weight excluding hydrogens is 1190 g/mol. The van der Waals surface area contributed by atoms with Crippen LogP contribution in [0.5, 0.6) is 0 Å². The number of aliphatic hydroxyl groups is 2. The highest BCUT2D eigenvalue weighted by molar-refractivity contribution is 7.47. The number of carbonyl (C=O) groups excluding carboxylic acids is 3. The molecule has 0 aliphatic rings. The summed E-state index contributed by atoms with van der Waals surface area (Å²) in [4.78, 5) is 58.4. The molecule has 5 atom stereocenters. The van der Waals surface area contributed by atoms with Crippen molar-refractivity contribution >= 4 is 33.6 Å². The van der Waals surface area contributed by atoms with Gasteiger partial charge >= 0.3 is 33.6 Å². The van der Waals surface area contributed by atoms with Crippen LogP contribution in [-0.2, 0) is 55.8 Å². The summed E-state index contributed by atoms with van der Waals surface area (Å²) < 4.78 is 60.9. The van der Waals surface area contributed by atoms with Gasteiger partial charge in [0.2, 0.25) is 0 Å². The molecule has 0 amide bonds. The normalized spacial score (nSPS) is 14.9. The number of esters is 3. The number of allylic oxidation sites excluding steroid dienone is 20. The molecule has 0 saturated heterocycles. The summed E-state index contributed by atoms with van der Waals surface area (Å²) in [5.41, 5.74) is 0. The molecule has 0 rings (SSSR count). The highest BCUT2D eigenvalue weighted by Gasteiger charge is 2.29. The van der Waals surface area contributed by atoms with Gasteiger partial charge in [-0.2, -0.15) is 0 Å². The van der Waals surface area contributed by atoms with E-state index in [9.17, 15) is 43.5 Å². The van der Waals surface area contributed by atoms with Crippen LogP contribution in [0.25, 0.3) is 0 Å². The standard InChI is InChI=1S/C73H124O16P2/c1-4-7-10-13-16-19-22-25-27-29-31-33-35-37-39-42-44-47-50-53-56-59-71(76)83-62-68(74)63-85-90(79,80)86-64-69(75)65-87-91(81,82)88-67-70(89-73(78)61-58-55-52-49-46-41-24-21-18-15-12-9-6-3)66-84-72(77)60-57-54-51-48-45-43-40-38-36-34-32-30-28-26-23-20-17-14-11-8-5-2/h7,10,16-17,19-21,24-28,31-34,37-40,68-70,74-75H,4-6,8-9,11-15,18,22-23,29-30,35-36,41-67H2,1-3H3,(H,79,80)(H,81,82)/b10-7-,19-16-,20-17-,24-21-,27-25-,28-26-,33-31-,34-32-,39-37-,40-38-. The van der Waals surface area contributed by atoms with Crippen LogP contribution in [0.4, 0.5) is 0 Å². The zero-order chi connectivity index (χ0) is 66.7. The van der Waals surface area contributed by atoms with Gasteiger partial charge in [-0.1, -0.05) is 232 Å². The van der Waals surface area contributed by atoms with Crippen molar-refractivity contribution in [1.29, 1.82) is 0 Å². The summed E-state index contributed by atoms with van der Waals surface area (Å²) in [6.07, 6.45) is 75.3. The summed E-state index contributed by atoms with van der Waals surface area (Å²) >= 11 is 0. The maximum Gasteiger partial charge on any atom is 0.472 e. The number of rotatable bonds is 65. The lowest BCUT2D eigenvalue weighted by molar-refractivity contribution is -0.161. The molecule has 4 N–H and O–H groups in total. The lowest BCUT2D eigenvalue weighted by Gasteiger charge is -2.21. The fourth-order valence-corrected chi connectivity index (χ4v) is 10.4. The number of phosphoric ester groups is 2. The highest BCUT2D eigenvalue weighted by Crippen LogP contribution is 2.45. The van der Waals surface area contributed by atoms with E-state index < -0.39 is 91.5 Å². The van der Waals surface area contributed by atoms with Gasteiger partial charge in [0.15, 0.2) is 6.10 Å². The van der Waals surface area contributed by atoms with Crippen molar-refractivity contribution in [1.82, 2.24) is 0 Å². The van der Waals surface area contributed by atoms with Gasteiger partial charge in [-0.15, -0.1) is 0 Å². The molecule has 0 aromatic rings. The largest absolute Gasteiger partial charge is 0.472 e. The van der Waals surface area contributed by atoms with Crippen LogP contribution < -0.4 is 0 Å². The first-order valence-corrected chi connectivity index (χ1v) is 37.8. The van der Waals surface area contributed by atoms with Crippen LogP contribution in [0.15, 0.2) is 122 Å². The first-order chi connectivity index (χ1) is 44.2. The average Bonchev–Trinajstić information content (AvgIpc) is 3.75. The first-order valence-electron chi connectivity index (χ1n) is 34.8. The minimum atomic E-state index is -4.93. The summed E-state index contributed by atoms with van der Waals surface area (Å²) in [6, 6.07) is 0. The Balaban J connectivity index is 4.68. The van der Waals surface area contributed by atoms with E-state index in [1.807, 2.05) is 0 Å². The molecule has 0 saturated carbocycles. The number of hydrogen-bond acceptors (Lipinski definition) is 14. The van der Waals surface area contributed by atoms with E-state index in [1.54, 1.807) is 0 Å². The minimum absolute atomic E-state index is 0.0871. The van der Waals surface area contributed by atoms with Crippen molar-refractivity contribution in [2.24, 2.45) is 0 Å². The van der Waals surface area contributed by atoms with Crippen molar-refractivity contribution in [3.05, 3.63) is 122 Å². The van der Waals surface area contributed by atoms with E-state index in [1.165, 1.54) is 51.4 Å². The second kappa shape index (κ2) is 66.0. The number of aliphatic hydroxyl groups excluding tert-OH is 2. The Morgan fingerprint density at radius 3 is 0.956 bits per heavy atom. The number of phosphoric acid groups is 2. The Morgan fingerprint density at radius 2 is 0.582 bits per heavy atom. The van der Waals surface area contributed by atoms with Crippen LogP contribution >= 0.6 is 15.6 Å². The third-order valence-corrected chi connectivity index (χ3v) is 16.0. The predicted molar refractivity (Wildman–Crippen MR) is 371 cm³/mol. The van der Waals surface area contributed by atoms with Gasteiger partial charge in [-0.05, 0) is 135 Å². The van der Waals surface area contributed by atoms with E-state index in [0.29, 0.717) is 19.3 Å². The maximum atomic E-state index is 12.9. The van der Waals surface area contributed by atoms with Crippen molar-refractivity contribution in [3.8, 4) is 0 Å². The van der Waals surface area contributed by atoms with Crippen LogP contribution in [-0.4, -0.2) is 95.9 Å². The predicted octanol–water partition coefficient (Wildman–Crippen LogP) is 19.4. The van der Waals surface area contributed by atoms with Crippen LogP contribution in [0.3, 0.4) is 0 Å². The molecule has 0 aromatic carbocycles. The van der Waals surface area contributed by atoms with Crippen molar-refractivity contribution in [3.63, 3.8) is 0 Å². The molecular formula is C73H124O16P2. The molecule has 0 heterocycles.